The van der Waals surface area contributed by atoms with Crippen molar-refractivity contribution in [2.45, 2.75) is 18.9 Å². The van der Waals surface area contributed by atoms with Gasteiger partial charge in [0.15, 0.2) is 0 Å². The molecule has 0 aliphatic carbocycles. The fraction of sp³-hybridized carbons (Fsp3) is 1.00. The molecular weight excluding hydrogens is 154 g/mol. The fourth-order valence-corrected chi connectivity index (χ4v) is 1.97. The van der Waals surface area contributed by atoms with Crippen LogP contribution in [0.3, 0.4) is 0 Å². The Hall–Kier alpha value is -0.120. The molecular formula is C9H17NO2. The maximum absolute atomic E-state index is 5.65. The van der Waals surface area contributed by atoms with Crippen molar-refractivity contribution in [1.82, 2.24) is 5.32 Å². The van der Waals surface area contributed by atoms with Gasteiger partial charge >= 0.3 is 0 Å². The van der Waals surface area contributed by atoms with Gasteiger partial charge in [-0.3, -0.25) is 0 Å². The van der Waals surface area contributed by atoms with Gasteiger partial charge in [-0.15, -0.1) is 0 Å². The molecule has 0 saturated carbocycles. The summed E-state index contributed by atoms with van der Waals surface area (Å²) in [7, 11) is 0. The lowest BCUT2D eigenvalue weighted by molar-refractivity contribution is -0.113. The third-order valence-corrected chi connectivity index (χ3v) is 2.70. The van der Waals surface area contributed by atoms with Crippen molar-refractivity contribution in [3.63, 3.8) is 0 Å². The smallest absolute Gasteiger partial charge is 0.0849 e. The maximum Gasteiger partial charge on any atom is 0.0849 e. The Morgan fingerprint density at radius 2 is 2.25 bits per heavy atom. The van der Waals surface area contributed by atoms with Crippen molar-refractivity contribution in [3.8, 4) is 0 Å². The Balaban J connectivity index is 1.80. The van der Waals surface area contributed by atoms with Crippen LogP contribution in [-0.2, 0) is 9.47 Å². The Bertz CT molecular complexity index is 112. The molecule has 1 N–H and O–H groups in total. The number of ether oxygens (including phenoxy) is 2. The van der Waals surface area contributed by atoms with Gasteiger partial charge in [-0.1, -0.05) is 0 Å². The molecule has 2 rings (SSSR count). The van der Waals surface area contributed by atoms with E-state index in [9.17, 15) is 0 Å². The molecule has 3 nitrogen and oxygen atoms in total. The van der Waals surface area contributed by atoms with Crippen molar-refractivity contribution in [2.75, 3.05) is 32.9 Å². The Labute approximate surface area is 73.4 Å². The average molecular weight is 171 g/mol. The Morgan fingerprint density at radius 1 is 1.25 bits per heavy atom. The second-order valence-electron chi connectivity index (χ2n) is 3.59. The van der Waals surface area contributed by atoms with E-state index < -0.39 is 0 Å². The summed E-state index contributed by atoms with van der Waals surface area (Å²) in [5.74, 6) is 0.680. The van der Waals surface area contributed by atoms with E-state index in [2.05, 4.69) is 5.32 Å². The molecule has 0 aromatic rings. The predicted octanol–water partition coefficient (Wildman–Crippen LogP) is 0.401. The molecule has 70 valence electrons. The van der Waals surface area contributed by atoms with E-state index in [1.165, 1.54) is 19.4 Å². The monoisotopic (exact) mass is 171 g/mol. The summed E-state index contributed by atoms with van der Waals surface area (Å²) in [4.78, 5) is 0. The van der Waals surface area contributed by atoms with Crippen LogP contribution in [0.1, 0.15) is 12.8 Å². The van der Waals surface area contributed by atoms with Crippen LogP contribution >= 0.6 is 0 Å². The Kier molecular flexibility index (Phi) is 2.98. The van der Waals surface area contributed by atoms with E-state index in [0.717, 1.165) is 26.4 Å². The molecule has 0 aromatic carbocycles. The molecule has 2 atom stereocenters. The second kappa shape index (κ2) is 4.21. The van der Waals surface area contributed by atoms with Gasteiger partial charge in [0.25, 0.3) is 0 Å². The highest BCUT2D eigenvalue weighted by molar-refractivity contribution is 4.77. The van der Waals surface area contributed by atoms with Gasteiger partial charge in [0.2, 0.25) is 0 Å². The van der Waals surface area contributed by atoms with Crippen LogP contribution in [0.5, 0.6) is 0 Å². The quantitative estimate of drug-likeness (QED) is 0.619. The lowest BCUT2D eigenvalue weighted by atomic mass is 9.94. The van der Waals surface area contributed by atoms with Crippen molar-refractivity contribution in [3.05, 3.63) is 0 Å². The normalized spacial score (nSPS) is 38.0. The fourth-order valence-electron chi connectivity index (χ4n) is 1.97. The van der Waals surface area contributed by atoms with Crippen LogP contribution < -0.4 is 5.32 Å². The van der Waals surface area contributed by atoms with Crippen molar-refractivity contribution < 1.29 is 9.47 Å². The molecule has 2 heterocycles. The number of rotatable bonds is 1. The van der Waals surface area contributed by atoms with E-state index in [0.29, 0.717) is 12.0 Å². The predicted molar refractivity (Wildman–Crippen MR) is 46.2 cm³/mol. The number of piperidine rings is 1. The standard InChI is InChI=1S/C9H17NO2/c1-2-8(6-10-3-1)9-7-11-4-5-12-9/h8-10H,1-7H2. The zero-order valence-electron chi connectivity index (χ0n) is 7.42. The van der Waals surface area contributed by atoms with E-state index in [1.54, 1.807) is 0 Å². The minimum absolute atomic E-state index is 0.353. The van der Waals surface area contributed by atoms with Gasteiger partial charge in [0.1, 0.15) is 0 Å². The minimum atomic E-state index is 0.353. The van der Waals surface area contributed by atoms with Crippen molar-refractivity contribution in [2.24, 2.45) is 5.92 Å². The first-order chi connectivity index (χ1) is 5.97. The van der Waals surface area contributed by atoms with E-state index in [-0.39, 0.29) is 0 Å². The number of hydrogen-bond donors (Lipinski definition) is 1. The van der Waals surface area contributed by atoms with E-state index in [1.807, 2.05) is 0 Å². The maximum atomic E-state index is 5.65. The molecule has 3 heteroatoms. The molecule has 0 aromatic heterocycles. The summed E-state index contributed by atoms with van der Waals surface area (Å²) < 4.78 is 11.0. The van der Waals surface area contributed by atoms with Gasteiger partial charge in [0, 0.05) is 6.54 Å². The van der Waals surface area contributed by atoms with E-state index in [4.69, 9.17) is 9.47 Å². The van der Waals surface area contributed by atoms with Crippen LogP contribution in [0, 0.1) is 5.92 Å². The topological polar surface area (TPSA) is 30.5 Å². The highest BCUT2D eigenvalue weighted by atomic mass is 16.6. The summed E-state index contributed by atoms with van der Waals surface area (Å²) >= 11 is 0. The number of nitrogens with one attached hydrogen (secondary N) is 1. The Morgan fingerprint density at radius 3 is 2.92 bits per heavy atom. The first kappa shape index (κ1) is 8.48. The third kappa shape index (κ3) is 1.97. The molecule has 2 unspecified atom stereocenters. The largest absolute Gasteiger partial charge is 0.376 e. The summed E-state index contributed by atoms with van der Waals surface area (Å²) in [6.07, 6.45) is 2.93. The summed E-state index contributed by atoms with van der Waals surface area (Å²) in [5.41, 5.74) is 0. The summed E-state index contributed by atoms with van der Waals surface area (Å²) in [6.45, 7) is 4.63. The molecule has 2 saturated heterocycles. The van der Waals surface area contributed by atoms with Crippen LogP contribution in [0.4, 0.5) is 0 Å². The molecule has 2 aliphatic heterocycles. The van der Waals surface area contributed by atoms with Crippen molar-refractivity contribution >= 4 is 0 Å². The lowest BCUT2D eigenvalue weighted by Crippen LogP contribution is -2.42. The molecule has 0 amide bonds. The average Bonchev–Trinajstić information content (AvgIpc) is 2.21. The molecule has 2 fully saturated rings. The minimum Gasteiger partial charge on any atom is -0.376 e. The van der Waals surface area contributed by atoms with Gasteiger partial charge in [0.05, 0.1) is 25.9 Å². The van der Waals surface area contributed by atoms with Gasteiger partial charge in [-0.2, -0.15) is 0 Å². The third-order valence-electron chi connectivity index (χ3n) is 2.70. The van der Waals surface area contributed by atoms with Gasteiger partial charge < -0.3 is 14.8 Å². The van der Waals surface area contributed by atoms with Crippen LogP contribution in [0.15, 0.2) is 0 Å². The summed E-state index contributed by atoms with van der Waals surface area (Å²) in [6, 6.07) is 0. The molecule has 0 bridgehead atoms. The van der Waals surface area contributed by atoms with Crippen molar-refractivity contribution in [1.29, 1.82) is 0 Å². The lowest BCUT2D eigenvalue weighted by Gasteiger charge is -2.33. The zero-order chi connectivity index (χ0) is 8.23. The molecule has 0 radical (unpaired) electrons. The first-order valence-corrected chi connectivity index (χ1v) is 4.87. The summed E-state index contributed by atoms with van der Waals surface area (Å²) in [5, 5.41) is 3.40. The number of hydrogen-bond acceptors (Lipinski definition) is 3. The second-order valence-corrected chi connectivity index (χ2v) is 3.59. The van der Waals surface area contributed by atoms with Crippen LogP contribution in [-0.4, -0.2) is 39.0 Å². The van der Waals surface area contributed by atoms with Gasteiger partial charge in [-0.05, 0) is 25.3 Å². The zero-order valence-corrected chi connectivity index (χ0v) is 7.42. The van der Waals surface area contributed by atoms with Crippen LogP contribution in [0.25, 0.3) is 0 Å². The molecule has 0 spiro atoms. The van der Waals surface area contributed by atoms with Crippen LogP contribution in [0.2, 0.25) is 0 Å². The SMILES string of the molecule is C1CNCC(C2COCCO2)C1. The molecule has 2 aliphatic rings. The van der Waals surface area contributed by atoms with E-state index >= 15 is 0 Å². The van der Waals surface area contributed by atoms with Gasteiger partial charge in [-0.25, -0.2) is 0 Å². The molecule has 12 heavy (non-hydrogen) atoms. The first-order valence-electron chi connectivity index (χ1n) is 4.87. The highest BCUT2D eigenvalue weighted by Crippen LogP contribution is 2.19. The highest BCUT2D eigenvalue weighted by Gasteiger charge is 2.26.